The first-order chi connectivity index (χ1) is 15.0. The van der Waals surface area contributed by atoms with Gasteiger partial charge in [-0.15, -0.1) is 0 Å². The van der Waals surface area contributed by atoms with Crippen LogP contribution in [0.5, 0.6) is 11.5 Å². The Hall–Kier alpha value is -4.20. The van der Waals surface area contributed by atoms with Crippen molar-refractivity contribution >= 4 is 17.8 Å². The van der Waals surface area contributed by atoms with E-state index in [4.69, 9.17) is 9.47 Å². The molecule has 0 aliphatic carbocycles. The molecule has 0 fully saturated rings. The average molecular weight is 419 g/mol. The molecule has 158 valence electrons. The molecule has 0 saturated heterocycles. The van der Waals surface area contributed by atoms with Crippen LogP contribution < -0.4 is 14.9 Å². The molecule has 3 aromatic rings. The Balaban J connectivity index is 1.81. The molecule has 8 heteroatoms. The lowest BCUT2D eigenvalue weighted by molar-refractivity contribution is -0.386. The van der Waals surface area contributed by atoms with E-state index in [1.54, 1.807) is 36.4 Å². The van der Waals surface area contributed by atoms with E-state index in [2.05, 4.69) is 10.5 Å². The number of carbonyl (C=O) groups excluding carboxylic acids is 1. The number of methoxy groups -OCH3 is 1. The molecule has 31 heavy (non-hydrogen) atoms. The number of benzene rings is 3. The van der Waals surface area contributed by atoms with Gasteiger partial charge < -0.3 is 9.47 Å². The minimum atomic E-state index is -0.546. The predicted molar refractivity (Wildman–Crippen MR) is 117 cm³/mol. The molecule has 3 aromatic carbocycles. The number of hydrogen-bond donors (Lipinski definition) is 1. The fraction of sp³-hybridized carbons (Fsp3) is 0.130. The molecular weight excluding hydrogens is 398 g/mol. The first kappa shape index (κ1) is 21.5. The van der Waals surface area contributed by atoms with Gasteiger partial charge in [0.2, 0.25) is 5.75 Å². The normalized spacial score (nSPS) is 10.6. The largest absolute Gasteiger partial charge is 0.493 e. The van der Waals surface area contributed by atoms with Crippen molar-refractivity contribution in [2.24, 2.45) is 5.10 Å². The molecule has 0 heterocycles. The smallest absolute Gasteiger partial charge is 0.315 e. The Morgan fingerprint density at radius 3 is 2.52 bits per heavy atom. The van der Waals surface area contributed by atoms with Crippen LogP contribution in [0.4, 0.5) is 5.69 Å². The number of nitrogens with one attached hydrogen (secondary N) is 1. The molecule has 0 spiro atoms. The van der Waals surface area contributed by atoms with Gasteiger partial charge in [0.05, 0.1) is 18.2 Å². The van der Waals surface area contributed by atoms with Gasteiger partial charge in [0, 0.05) is 17.2 Å². The van der Waals surface area contributed by atoms with E-state index in [9.17, 15) is 14.9 Å². The molecule has 3 rings (SSSR count). The maximum absolute atomic E-state index is 12.1. The van der Waals surface area contributed by atoms with E-state index >= 15 is 0 Å². The lowest BCUT2D eigenvalue weighted by Crippen LogP contribution is -2.17. The van der Waals surface area contributed by atoms with Gasteiger partial charge in [-0.05, 0) is 36.2 Å². The topological polar surface area (TPSA) is 103 Å². The van der Waals surface area contributed by atoms with E-state index in [0.717, 1.165) is 11.1 Å². The van der Waals surface area contributed by atoms with Crippen LogP contribution in [-0.4, -0.2) is 24.2 Å². The second-order valence-corrected chi connectivity index (χ2v) is 6.61. The number of nitrogens with zero attached hydrogens (tertiary/aromatic N) is 2. The molecule has 0 radical (unpaired) electrons. The zero-order valence-corrected chi connectivity index (χ0v) is 17.1. The van der Waals surface area contributed by atoms with E-state index in [1.165, 1.54) is 19.4 Å². The number of hydrazone groups is 1. The highest BCUT2D eigenvalue weighted by Crippen LogP contribution is 2.38. The summed E-state index contributed by atoms with van der Waals surface area (Å²) in [6.45, 7) is 2.10. The molecule has 0 aliphatic rings. The van der Waals surface area contributed by atoms with Crippen molar-refractivity contribution < 1.29 is 19.2 Å². The van der Waals surface area contributed by atoms with Crippen molar-refractivity contribution in [3.8, 4) is 11.5 Å². The highest BCUT2D eigenvalue weighted by Gasteiger charge is 2.22. The zero-order valence-electron chi connectivity index (χ0n) is 17.1. The summed E-state index contributed by atoms with van der Waals surface area (Å²) < 4.78 is 11.1. The molecule has 0 bridgehead atoms. The summed E-state index contributed by atoms with van der Waals surface area (Å²) in [6, 6.07) is 19.1. The van der Waals surface area contributed by atoms with Gasteiger partial charge in [0.25, 0.3) is 5.91 Å². The van der Waals surface area contributed by atoms with Gasteiger partial charge in [-0.1, -0.05) is 42.5 Å². The van der Waals surface area contributed by atoms with Gasteiger partial charge >= 0.3 is 5.69 Å². The summed E-state index contributed by atoms with van der Waals surface area (Å²) in [5.74, 6) is -0.170. The Morgan fingerprint density at radius 2 is 1.84 bits per heavy atom. The Morgan fingerprint density at radius 1 is 1.13 bits per heavy atom. The second kappa shape index (κ2) is 10.0. The number of nitro benzene ring substituents is 1. The fourth-order valence-electron chi connectivity index (χ4n) is 2.86. The quantitative estimate of drug-likeness (QED) is 0.334. The third-order valence-electron chi connectivity index (χ3n) is 4.52. The number of carbonyl (C=O) groups is 1. The van der Waals surface area contributed by atoms with Gasteiger partial charge in [-0.2, -0.15) is 5.10 Å². The SMILES string of the molecule is COc1cc(/C=N/NC(=O)c2ccccc2)cc([N+](=O)[O-])c1OCc1ccccc1C. The van der Waals surface area contributed by atoms with Crippen molar-refractivity contribution in [3.63, 3.8) is 0 Å². The average Bonchev–Trinajstić information content (AvgIpc) is 2.78. The van der Waals surface area contributed by atoms with Crippen LogP contribution in [0.15, 0.2) is 71.8 Å². The molecule has 0 aliphatic heterocycles. The molecule has 0 unspecified atom stereocenters. The summed E-state index contributed by atoms with van der Waals surface area (Å²) in [6.07, 6.45) is 1.31. The summed E-state index contributed by atoms with van der Waals surface area (Å²) in [4.78, 5) is 23.2. The first-order valence-corrected chi connectivity index (χ1v) is 9.41. The van der Waals surface area contributed by atoms with Crippen LogP contribution in [0.3, 0.4) is 0 Å². The van der Waals surface area contributed by atoms with Crippen LogP contribution >= 0.6 is 0 Å². The van der Waals surface area contributed by atoms with Gasteiger partial charge in [0.15, 0.2) is 5.75 Å². The minimum Gasteiger partial charge on any atom is -0.493 e. The second-order valence-electron chi connectivity index (χ2n) is 6.61. The lowest BCUT2D eigenvalue weighted by atomic mass is 10.1. The predicted octanol–water partition coefficient (Wildman–Crippen LogP) is 4.25. The number of ether oxygens (including phenoxy) is 2. The van der Waals surface area contributed by atoms with Crippen LogP contribution in [0.25, 0.3) is 0 Å². The fourth-order valence-corrected chi connectivity index (χ4v) is 2.86. The summed E-state index contributed by atoms with van der Waals surface area (Å²) >= 11 is 0. The van der Waals surface area contributed by atoms with E-state index in [0.29, 0.717) is 11.1 Å². The van der Waals surface area contributed by atoms with Crippen molar-refractivity contribution in [3.05, 3.63) is 99.1 Å². The maximum Gasteiger partial charge on any atom is 0.315 e. The molecule has 0 atom stereocenters. The van der Waals surface area contributed by atoms with E-state index in [1.807, 2.05) is 31.2 Å². The number of hydrogen-bond acceptors (Lipinski definition) is 6. The van der Waals surface area contributed by atoms with Crippen LogP contribution in [0.2, 0.25) is 0 Å². The Labute approximate surface area is 179 Å². The third-order valence-corrected chi connectivity index (χ3v) is 4.52. The van der Waals surface area contributed by atoms with Gasteiger partial charge in [0.1, 0.15) is 6.61 Å². The number of rotatable bonds is 8. The standard InChI is InChI=1S/C23H21N3O5/c1-16-8-6-7-11-19(16)15-31-22-20(26(28)29)12-17(13-21(22)30-2)14-24-25-23(27)18-9-4-3-5-10-18/h3-14H,15H2,1-2H3,(H,25,27)/b24-14+. The monoisotopic (exact) mass is 419 g/mol. The van der Waals surface area contributed by atoms with Gasteiger partial charge in [-0.25, -0.2) is 5.43 Å². The molecule has 1 N–H and O–H groups in total. The van der Waals surface area contributed by atoms with Crippen molar-refractivity contribution in [2.75, 3.05) is 7.11 Å². The third kappa shape index (κ3) is 5.45. The summed E-state index contributed by atoms with van der Waals surface area (Å²) in [7, 11) is 1.40. The van der Waals surface area contributed by atoms with Crippen LogP contribution in [0, 0.1) is 17.0 Å². The number of nitro groups is 1. The summed E-state index contributed by atoms with van der Waals surface area (Å²) in [5, 5.41) is 15.5. The summed E-state index contributed by atoms with van der Waals surface area (Å²) in [5.41, 5.74) is 4.88. The maximum atomic E-state index is 12.1. The highest BCUT2D eigenvalue weighted by molar-refractivity contribution is 5.95. The van der Waals surface area contributed by atoms with Gasteiger partial charge in [-0.3, -0.25) is 14.9 Å². The molecule has 8 nitrogen and oxygen atoms in total. The number of amides is 1. The highest BCUT2D eigenvalue weighted by atomic mass is 16.6. The Bertz CT molecular complexity index is 1110. The molecular formula is C23H21N3O5. The lowest BCUT2D eigenvalue weighted by Gasteiger charge is -2.13. The van der Waals surface area contributed by atoms with E-state index in [-0.39, 0.29) is 23.8 Å². The molecule has 0 aromatic heterocycles. The van der Waals surface area contributed by atoms with Crippen molar-refractivity contribution in [1.29, 1.82) is 0 Å². The van der Waals surface area contributed by atoms with Crippen molar-refractivity contribution in [2.45, 2.75) is 13.5 Å². The van der Waals surface area contributed by atoms with Crippen molar-refractivity contribution in [1.82, 2.24) is 5.43 Å². The van der Waals surface area contributed by atoms with Crippen LogP contribution in [0.1, 0.15) is 27.0 Å². The Kier molecular flexibility index (Phi) is 6.95. The minimum absolute atomic E-state index is 0.0289. The molecule has 0 saturated carbocycles. The molecule has 1 amide bonds. The van der Waals surface area contributed by atoms with E-state index < -0.39 is 10.8 Å². The first-order valence-electron chi connectivity index (χ1n) is 9.41. The number of aryl methyl sites for hydroxylation is 1. The zero-order chi connectivity index (χ0) is 22.2. The van der Waals surface area contributed by atoms with Crippen LogP contribution in [-0.2, 0) is 6.61 Å².